The molecule has 0 radical (unpaired) electrons. The van der Waals surface area contributed by atoms with Gasteiger partial charge in [-0.05, 0) is 85.5 Å². The van der Waals surface area contributed by atoms with Crippen LogP contribution >= 0.6 is 0 Å². The lowest BCUT2D eigenvalue weighted by molar-refractivity contribution is -0.116. The number of hydrogen-bond acceptors (Lipinski definition) is 2. The maximum absolute atomic E-state index is 11.8. The highest BCUT2D eigenvalue weighted by Crippen LogP contribution is 2.71. The van der Waals surface area contributed by atoms with Crippen LogP contribution in [-0.2, 0) is 4.79 Å². The second-order valence-corrected chi connectivity index (χ2v) is 8.91. The zero-order chi connectivity index (χ0) is 15.1. The number of hydrogen-bond donors (Lipinski definition) is 0. The summed E-state index contributed by atoms with van der Waals surface area (Å²) in [5.41, 5.74) is 1.83. The van der Waals surface area contributed by atoms with E-state index in [4.69, 9.17) is 0 Å². The highest BCUT2D eigenvalue weighted by Gasteiger charge is 2.64. The normalized spacial score (nSPS) is 55.2. The molecule has 5 rings (SSSR count). The van der Waals surface area contributed by atoms with Crippen molar-refractivity contribution < 1.29 is 4.79 Å². The van der Waals surface area contributed by atoms with Crippen LogP contribution < -0.4 is 0 Å². The molecule has 0 aromatic rings. The fourth-order valence-corrected chi connectivity index (χ4v) is 7.22. The molecule has 0 aromatic carbocycles. The molecule has 0 N–H and O–H groups in total. The number of fused-ring (bicyclic) bond motifs is 8. The second kappa shape index (κ2) is 4.25. The maximum atomic E-state index is 11.8. The molecule has 0 saturated heterocycles. The van der Waals surface area contributed by atoms with Crippen LogP contribution in [0.5, 0.6) is 0 Å². The van der Waals surface area contributed by atoms with E-state index in [2.05, 4.69) is 13.0 Å². The highest BCUT2D eigenvalue weighted by molar-refractivity contribution is 5.91. The Kier molecular flexibility index (Phi) is 2.58. The number of ketones is 1. The lowest BCUT2D eigenvalue weighted by Gasteiger charge is -2.53. The van der Waals surface area contributed by atoms with Crippen molar-refractivity contribution in [2.75, 3.05) is 0 Å². The summed E-state index contributed by atoms with van der Waals surface area (Å²) in [4.78, 5) is 11.8. The molecule has 2 nitrogen and oxygen atoms in total. The molecule has 4 fully saturated rings. The SMILES string of the molecule is C[C@]12CC[C@H]3[C@@H]([C@@H]4C[C@@H]4C4=CC(=O)CC[C@@H]43)[C@@H]1CC[C@@H]2C#N. The van der Waals surface area contributed by atoms with Crippen molar-refractivity contribution in [3.8, 4) is 6.07 Å². The number of nitriles is 1. The van der Waals surface area contributed by atoms with Gasteiger partial charge in [-0.1, -0.05) is 12.5 Å². The quantitative estimate of drug-likeness (QED) is 0.674. The van der Waals surface area contributed by atoms with Gasteiger partial charge >= 0.3 is 0 Å². The fraction of sp³-hybridized carbons (Fsp3) is 0.800. The third-order valence-electron chi connectivity index (χ3n) is 8.28. The van der Waals surface area contributed by atoms with E-state index in [0.717, 1.165) is 48.9 Å². The largest absolute Gasteiger partial charge is 0.295 e. The van der Waals surface area contributed by atoms with Crippen LogP contribution in [0.3, 0.4) is 0 Å². The Bertz CT molecular complexity index is 614. The lowest BCUT2D eigenvalue weighted by Crippen LogP contribution is -2.47. The summed E-state index contributed by atoms with van der Waals surface area (Å²) in [6.07, 6.45) is 10.2. The van der Waals surface area contributed by atoms with Gasteiger partial charge in [-0.25, -0.2) is 0 Å². The summed E-state index contributed by atoms with van der Waals surface area (Å²) in [7, 11) is 0. The molecule has 0 spiro atoms. The Balaban J connectivity index is 1.52. The summed E-state index contributed by atoms with van der Waals surface area (Å²) in [6.45, 7) is 2.42. The average Bonchev–Trinajstić information content (AvgIpc) is 3.23. The van der Waals surface area contributed by atoms with Crippen LogP contribution in [0.15, 0.2) is 11.6 Å². The fourth-order valence-electron chi connectivity index (χ4n) is 7.22. The molecular formula is C20H25NO. The van der Waals surface area contributed by atoms with Crippen LogP contribution in [0.25, 0.3) is 0 Å². The third-order valence-corrected chi connectivity index (χ3v) is 8.28. The van der Waals surface area contributed by atoms with Gasteiger partial charge in [0.05, 0.1) is 12.0 Å². The van der Waals surface area contributed by atoms with Gasteiger partial charge in [0.15, 0.2) is 5.78 Å². The predicted octanol–water partition coefficient (Wildman–Crippen LogP) is 4.12. The van der Waals surface area contributed by atoms with Crippen molar-refractivity contribution >= 4 is 5.78 Å². The molecule has 0 aliphatic heterocycles. The summed E-state index contributed by atoms with van der Waals surface area (Å²) in [6, 6.07) is 2.63. The molecule has 0 amide bonds. The molecule has 0 unspecified atom stereocenters. The van der Waals surface area contributed by atoms with Crippen LogP contribution in [0.2, 0.25) is 0 Å². The highest BCUT2D eigenvalue weighted by atomic mass is 16.1. The Labute approximate surface area is 133 Å². The number of nitrogens with zero attached hydrogens (tertiary/aromatic N) is 1. The molecular weight excluding hydrogens is 270 g/mol. The molecule has 0 heterocycles. The van der Waals surface area contributed by atoms with E-state index in [-0.39, 0.29) is 5.41 Å². The zero-order valence-corrected chi connectivity index (χ0v) is 13.4. The van der Waals surface area contributed by atoms with Crippen LogP contribution in [0, 0.1) is 58.2 Å². The first-order chi connectivity index (χ1) is 10.6. The van der Waals surface area contributed by atoms with Gasteiger partial charge in [0.25, 0.3) is 0 Å². The number of carbonyl (C=O) groups is 1. The summed E-state index contributed by atoms with van der Waals surface area (Å²) >= 11 is 0. The Morgan fingerprint density at radius 2 is 2.05 bits per heavy atom. The average molecular weight is 295 g/mol. The minimum absolute atomic E-state index is 0.286. The summed E-state index contributed by atoms with van der Waals surface area (Å²) < 4.78 is 0. The van der Waals surface area contributed by atoms with E-state index >= 15 is 0 Å². The molecule has 22 heavy (non-hydrogen) atoms. The Morgan fingerprint density at radius 1 is 1.18 bits per heavy atom. The van der Waals surface area contributed by atoms with Crippen LogP contribution in [0.4, 0.5) is 0 Å². The molecule has 0 aromatic heterocycles. The molecule has 0 bridgehead atoms. The molecule has 116 valence electrons. The first kappa shape index (κ1) is 13.3. The van der Waals surface area contributed by atoms with E-state index in [1.165, 1.54) is 25.7 Å². The Hall–Kier alpha value is -1.10. The summed E-state index contributed by atoms with van der Waals surface area (Å²) in [5, 5.41) is 9.56. The van der Waals surface area contributed by atoms with E-state index in [1.54, 1.807) is 5.57 Å². The van der Waals surface area contributed by atoms with Crippen molar-refractivity contribution in [1.29, 1.82) is 5.26 Å². The standard InChI is InChI=1S/C20H25NO/c1-20-7-6-14-13-4-3-12(22)8-15(13)16-9-17(16)19(14)18(20)5-2-11(20)10-21/h8,11,13-14,16-19H,2-7,9H2,1H3/t11-,13-,14-,16-,17-,18+,19+,20-/m1/s1. The molecule has 5 aliphatic rings. The van der Waals surface area contributed by atoms with Crippen molar-refractivity contribution in [1.82, 2.24) is 0 Å². The summed E-state index contributed by atoms with van der Waals surface area (Å²) in [5.74, 6) is 5.42. The minimum atomic E-state index is 0.286. The van der Waals surface area contributed by atoms with Crippen LogP contribution in [-0.4, -0.2) is 5.78 Å². The minimum Gasteiger partial charge on any atom is -0.295 e. The van der Waals surface area contributed by atoms with Crippen molar-refractivity contribution in [3.63, 3.8) is 0 Å². The van der Waals surface area contributed by atoms with Gasteiger partial charge < -0.3 is 0 Å². The number of allylic oxidation sites excluding steroid dienone is 1. The maximum Gasteiger partial charge on any atom is 0.155 e. The monoisotopic (exact) mass is 295 g/mol. The molecule has 8 atom stereocenters. The lowest BCUT2D eigenvalue weighted by atomic mass is 9.51. The molecule has 4 saturated carbocycles. The van der Waals surface area contributed by atoms with Crippen molar-refractivity contribution in [2.24, 2.45) is 46.8 Å². The van der Waals surface area contributed by atoms with E-state index in [0.29, 0.717) is 17.6 Å². The van der Waals surface area contributed by atoms with Gasteiger partial charge in [-0.2, -0.15) is 5.26 Å². The van der Waals surface area contributed by atoms with E-state index in [9.17, 15) is 10.1 Å². The van der Waals surface area contributed by atoms with Gasteiger partial charge in [0.1, 0.15) is 0 Å². The predicted molar refractivity (Wildman–Crippen MR) is 83.6 cm³/mol. The second-order valence-electron chi connectivity index (χ2n) is 8.91. The topological polar surface area (TPSA) is 40.9 Å². The van der Waals surface area contributed by atoms with Gasteiger partial charge in [-0.3, -0.25) is 4.79 Å². The van der Waals surface area contributed by atoms with Crippen molar-refractivity contribution in [3.05, 3.63) is 11.6 Å². The number of rotatable bonds is 0. The van der Waals surface area contributed by atoms with Gasteiger partial charge in [-0.15, -0.1) is 0 Å². The molecule has 5 aliphatic carbocycles. The first-order valence-corrected chi connectivity index (χ1v) is 9.27. The first-order valence-electron chi connectivity index (χ1n) is 9.27. The van der Waals surface area contributed by atoms with Crippen molar-refractivity contribution in [2.45, 2.75) is 51.9 Å². The van der Waals surface area contributed by atoms with E-state index in [1.807, 2.05) is 6.08 Å². The Morgan fingerprint density at radius 3 is 2.86 bits per heavy atom. The third kappa shape index (κ3) is 1.53. The van der Waals surface area contributed by atoms with Gasteiger partial charge in [0, 0.05) is 6.42 Å². The smallest absolute Gasteiger partial charge is 0.155 e. The number of carbonyl (C=O) groups excluding carboxylic acids is 1. The van der Waals surface area contributed by atoms with E-state index < -0.39 is 0 Å². The zero-order valence-electron chi connectivity index (χ0n) is 13.4. The van der Waals surface area contributed by atoms with Crippen LogP contribution in [0.1, 0.15) is 51.9 Å². The molecule has 2 heteroatoms. The van der Waals surface area contributed by atoms with Gasteiger partial charge in [0.2, 0.25) is 0 Å².